The van der Waals surface area contributed by atoms with Crippen LogP contribution in [0.5, 0.6) is 0 Å². The van der Waals surface area contributed by atoms with Crippen molar-refractivity contribution in [1.29, 1.82) is 0 Å². The minimum atomic E-state index is -4.47. The molecular formula is C13H12F3N5O. The summed E-state index contributed by atoms with van der Waals surface area (Å²) in [5, 5.41) is 15.3. The van der Waals surface area contributed by atoms with Crippen LogP contribution in [0.3, 0.4) is 0 Å². The normalized spacial score (nSPS) is 18.2. The number of benzene rings is 1. The molecule has 0 aliphatic carbocycles. The predicted molar refractivity (Wildman–Crippen MR) is 70.9 cm³/mol. The molecule has 1 atom stereocenters. The summed E-state index contributed by atoms with van der Waals surface area (Å²) in [7, 11) is 0. The summed E-state index contributed by atoms with van der Waals surface area (Å²) >= 11 is 0. The number of halogens is 3. The average molecular weight is 311 g/mol. The number of rotatable bonds is 3. The summed E-state index contributed by atoms with van der Waals surface area (Å²) in [5.74, 6) is -0.0690. The Labute approximate surface area is 123 Å². The van der Waals surface area contributed by atoms with Crippen LogP contribution in [0.15, 0.2) is 29.4 Å². The first-order valence-electron chi connectivity index (χ1n) is 6.59. The summed E-state index contributed by atoms with van der Waals surface area (Å²) in [6, 6.07) is 5.14. The van der Waals surface area contributed by atoms with E-state index in [2.05, 4.69) is 20.6 Å². The van der Waals surface area contributed by atoms with Gasteiger partial charge in [0.25, 0.3) is 0 Å². The van der Waals surface area contributed by atoms with Crippen molar-refractivity contribution in [2.75, 3.05) is 0 Å². The lowest BCUT2D eigenvalue weighted by Crippen LogP contribution is -2.13. The summed E-state index contributed by atoms with van der Waals surface area (Å²) in [6.45, 7) is 2.11. The molecule has 1 aromatic heterocycles. The number of hydrogen-bond acceptors (Lipinski definition) is 5. The fourth-order valence-corrected chi connectivity index (χ4v) is 2.17. The molecule has 0 radical (unpaired) electrons. The van der Waals surface area contributed by atoms with E-state index in [9.17, 15) is 13.2 Å². The van der Waals surface area contributed by atoms with E-state index in [0.717, 1.165) is 11.8 Å². The van der Waals surface area contributed by atoms with E-state index in [-0.39, 0.29) is 24.0 Å². The second kappa shape index (κ2) is 5.39. The van der Waals surface area contributed by atoms with Crippen LogP contribution in [0, 0.1) is 0 Å². The lowest BCUT2D eigenvalue weighted by molar-refractivity contribution is -0.137. The zero-order chi connectivity index (χ0) is 15.7. The van der Waals surface area contributed by atoms with Gasteiger partial charge in [0.1, 0.15) is 12.6 Å². The van der Waals surface area contributed by atoms with Crippen LogP contribution in [-0.4, -0.2) is 32.0 Å². The SMILES string of the molecule is CC1CC(Cn2nnc(-c3ccccc3C(F)(F)F)n2)=NO1. The van der Waals surface area contributed by atoms with Gasteiger partial charge in [-0.3, -0.25) is 0 Å². The van der Waals surface area contributed by atoms with E-state index in [1.807, 2.05) is 6.92 Å². The van der Waals surface area contributed by atoms with Crippen LogP contribution < -0.4 is 0 Å². The monoisotopic (exact) mass is 311 g/mol. The zero-order valence-corrected chi connectivity index (χ0v) is 11.6. The quantitative estimate of drug-likeness (QED) is 0.873. The maximum Gasteiger partial charge on any atom is 0.417 e. The van der Waals surface area contributed by atoms with Crippen molar-refractivity contribution in [3.05, 3.63) is 29.8 Å². The molecule has 0 amide bonds. The van der Waals surface area contributed by atoms with Crippen LogP contribution in [0.1, 0.15) is 18.9 Å². The van der Waals surface area contributed by atoms with Gasteiger partial charge in [-0.05, 0) is 18.2 Å². The molecule has 1 unspecified atom stereocenters. The van der Waals surface area contributed by atoms with E-state index in [4.69, 9.17) is 4.84 Å². The number of hydrogen-bond donors (Lipinski definition) is 0. The smallest absolute Gasteiger partial charge is 0.392 e. The molecule has 22 heavy (non-hydrogen) atoms. The van der Waals surface area contributed by atoms with Crippen LogP contribution in [0.25, 0.3) is 11.4 Å². The molecule has 0 saturated carbocycles. The van der Waals surface area contributed by atoms with Crippen molar-refractivity contribution in [1.82, 2.24) is 20.2 Å². The van der Waals surface area contributed by atoms with Gasteiger partial charge in [-0.1, -0.05) is 23.4 Å². The fourth-order valence-electron chi connectivity index (χ4n) is 2.17. The Hall–Kier alpha value is -2.45. The first kappa shape index (κ1) is 14.5. The minimum Gasteiger partial charge on any atom is -0.392 e. The van der Waals surface area contributed by atoms with Crippen molar-refractivity contribution >= 4 is 5.71 Å². The number of oxime groups is 1. The lowest BCUT2D eigenvalue weighted by Gasteiger charge is -2.09. The van der Waals surface area contributed by atoms with E-state index in [1.54, 1.807) is 0 Å². The van der Waals surface area contributed by atoms with Gasteiger partial charge in [0.2, 0.25) is 5.82 Å². The molecular weight excluding hydrogens is 299 g/mol. The molecule has 3 rings (SSSR count). The van der Waals surface area contributed by atoms with E-state index >= 15 is 0 Å². The number of alkyl halides is 3. The Bertz CT molecular complexity index is 710. The van der Waals surface area contributed by atoms with Crippen molar-refractivity contribution in [2.24, 2.45) is 5.16 Å². The molecule has 9 heteroatoms. The molecule has 1 aliphatic rings. The summed E-state index contributed by atoms with van der Waals surface area (Å²) in [4.78, 5) is 6.25. The van der Waals surface area contributed by atoms with Gasteiger partial charge in [0.15, 0.2) is 0 Å². The van der Waals surface area contributed by atoms with Crippen LogP contribution in [-0.2, 0) is 17.6 Å². The highest BCUT2D eigenvalue weighted by molar-refractivity contribution is 5.85. The van der Waals surface area contributed by atoms with Gasteiger partial charge >= 0.3 is 6.18 Å². The maximum absolute atomic E-state index is 13.0. The molecule has 6 nitrogen and oxygen atoms in total. The molecule has 1 aliphatic heterocycles. The van der Waals surface area contributed by atoms with E-state index in [0.29, 0.717) is 6.42 Å². The molecule has 116 valence electrons. The number of nitrogens with zero attached hydrogens (tertiary/aromatic N) is 5. The third kappa shape index (κ3) is 2.92. The third-order valence-corrected chi connectivity index (χ3v) is 3.13. The number of aromatic nitrogens is 4. The van der Waals surface area contributed by atoms with Crippen molar-refractivity contribution in [3.8, 4) is 11.4 Å². The van der Waals surface area contributed by atoms with Crippen LogP contribution in [0.2, 0.25) is 0 Å². The Balaban J connectivity index is 1.86. The first-order valence-corrected chi connectivity index (χ1v) is 6.59. The summed E-state index contributed by atoms with van der Waals surface area (Å²) in [6.07, 6.45) is -3.85. The molecule has 0 N–H and O–H groups in total. The number of tetrazole rings is 1. The molecule has 1 aromatic carbocycles. The predicted octanol–water partition coefficient (Wildman–Crippen LogP) is 2.52. The zero-order valence-electron chi connectivity index (χ0n) is 11.6. The van der Waals surface area contributed by atoms with Crippen molar-refractivity contribution < 1.29 is 18.0 Å². The highest BCUT2D eigenvalue weighted by atomic mass is 19.4. The van der Waals surface area contributed by atoms with Gasteiger partial charge in [0, 0.05) is 12.0 Å². The maximum atomic E-state index is 13.0. The molecule has 0 saturated heterocycles. The second-order valence-corrected chi connectivity index (χ2v) is 4.96. The van der Waals surface area contributed by atoms with Gasteiger partial charge in [-0.25, -0.2) is 0 Å². The Morgan fingerprint density at radius 2 is 2.09 bits per heavy atom. The average Bonchev–Trinajstić information content (AvgIpc) is 3.08. The Kier molecular flexibility index (Phi) is 3.55. The second-order valence-electron chi connectivity index (χ2n) is 4.96. The van der Waals surface area contributed by atoms with Crippen molar-refractivity contribution in [2.45, 2.75) is 32.2 Å². The van der Waals surface area contributed by atoms with Gasteiger partial charge in [-0.15, -0.1) is 10.2 Å². The summed E-state index contributed by atoms with van der Waals surface area (Å²) < 4.78 is 39.0. The Morgan fingerprint density at radius 3 is 2.77 bits per heavy atom. The van der Waals surface area contributed by atoms with Gasteiger partial charge < -0.3 is 4.84 Å². The Morgan fingerprint density at radius 1 is 1.32 bits per heavy atom. The van der Waals surface area contributed by atoms with Crippen LogP contribution in [0.4, 0.5) is 13.2 Å². The molecule has 2 aromatic rings. The lowest BCUT2D eigenvalue weighted by atomic mass is 10.1. The molecule has 0 fully saturated rings. The van der Waals surface area contributed by atoms with Crippen LogP contribution >= 0.6 is 0 Å². The minimum absolute atomic E-state index is 0.0102. The fraction of sp³-hybridized carbons (Fsp3) is 0.385. The molecule has 0 bridgehead atoms. The van der Waals surface area contributed by atoms with Crippen molar-refractivity contribution in [3.63, 3.8) is 0 Å². The largest absolute Gasteiger partial charge is 0.417 e. The first-order chi connectivity index (χ1) is 10.4. The molecule has 0 spiro atoms. The highest BCUT2D eigenvalue weighted by Gasteiger charge is 2.34. The summed E-state index contributed by atoms with van der Waals surface area (Å²) in [5.41, 5.74) is -0.163. The molecule has 2 heterocycles. The van der Waals surface area contributed by atoms with E-state index < -0.39 is 11.7 Å². The highest BCUT2D eigenvalue weighted by Crippen LogP contribution is 2.35. The van der Waals surface area contributed by atoms with Gasteiger partial charge in [-0.2, -0.15) is 18.0 Å². The standard InChI is InChI=1S/C13H12F3N5O/c1-8-6-9(19-22-8)7-21-18-12(17-20-21)10-4-2-3-5-11(10)13(14,15)16/h2-5,8H,6-7H2,1H3. The van der Waals surface area contributed by atoms with E-state index in [1.165, 1.54) is 23.0 Å². The topological polar surface area (TPSA) is 65.2 Å². The van der Waals surface area contributed by atoms with Gasteiger partial charge in [0.05, 0.1) is 11.3 Å². The third-order valence-electron chi connectivity index (χ3n) is 3.13.